The number of carbonyl (C=O) groups is 1. The summed E-state index contributed by atoms with van der Waals surface area (Å²) in [5, 5.41) is 5.72. The summed E-state index contributed by atoms with van der Waals surface area (Å²) in [6.45, 7) is 4.55. The predicted octanol–water partition coefficient (Wildman–Crippen LogP) is 4.23. The molecule has 0 fully saturated rings. The highest BCUT2D eigenvalue weighted by Crippen LogP contribution is 2.24. The number of amides is 2. The maximum Gasteiger partial charge on any atom is 0.319 e. The second-order valence-corrected chi connectivity index (χ2v) is 5.63. The Balaban J connectivity index is 1.76. The van der Waals surface area contributed by atoms with Crippen molar-refractivity contribution < 1.29 is 9.53 Å². The third-order valence-corrected chi connectivity index (χ3v) is 3.27. The van der Waals surface area contributed by atoms with E-state index in [-0.39, 0.29) is 12.1 Å². The van der Waals surface area contributed by atoms with Gasteiger partial charge in [-0.3, -0.25) is 0 Å². The molecular weight excluding hydrogens is 288 g/mol. The van der Waals surface area contributed by atoms with Gasteiger partial charge >= 0.3 is 6.03 Å². The predicted molar refractivity (Wildman–Crippen MR) is 94.0 cm³/mol. The molecule has 2 aromatic rings. The molecular formula is C19H24N2O2. The van der Waals surface area contributed by atoms with Crippen molar-refractivity contribution in [2.75, 3.05) is 11.9 Å². The number of benzene rings is 2. The van der Waals surface area contributed by atoms with Gasteiger partial charge in [-0.25, -0.2) is 4.79 Å². The van der Waals surface area contributed by atoms with Gasteiger partial charge in [0.25, 0.3) is 0 Å². The molecule has 0 aliphatic carbocycles. The van der Waals surface area contributed by atoms with Crippen LogP contribution in [0.2, 0.25) is 0 Å². The number of urea groups is 1. The molecule has 0 saturated carbocycles. The number of para-hydroxylation sites is 2. The molecule has 0 aliphatic rings. The van der Waals surface area contributed by atoms with Crippen molar-refractivity contribution in [1.82, 2.24) is 5.32 Å². The van der Waals surface area contributed by atoms with Crippen LogP contribution in [-0.4, -0.2) is 18.7 Å². The first kappa shape index (κ1) is 16.9. The van der Waals surface area contributed by atoms with Gasteiger partial charge in [-0.2, -0.15) is 0 Å². The minimum Gasteiger partial charge on any atom is -0.489 e. The normalized spacial score (nSPS) is 10.4. The summed E-state index contributed by atoms with van der Waals surface area (Å²) in [7, 11) is 0. The topological polar surface area (TPSA) is 50.4 Å². The molecule has 0 unspecified atom stereocenters. The van der Waals surface area contributed by atoms with Crippen LogP contribution in [0.3, 0.4) is 0 Å². The number of anilines is 1. The lowest BCUT2D eigenvalue weighted by molar-refractivity contribution is 0.241. The van der Waals surface area contributed by atoms with E-state index in [2.05, 4.69) is 22.8 Å². The molecule has 2 N–H and O–H groups in total. The van der Waals surface area contributed by atoms with E-state index in [9.17, 15) is 4.79 Å². The quantitative estimate of drug-likeness (QED) is 0.752. The molecule has 0 aromatic heterocycles. The molecule has 2 rings (SSSR count). The smallest absolute Gasteiger partial charge is 0.319 e. The van der Waals surface area contributed by atoms with Gasteiger partial charge in [0, 0.05) is 6.54 Å². The SMILES string of the molecule is CC(C)Oc1ccccc1NC(=O)NCCCc1ccccc1. The van der Waals surface area contributed by atoms with Crippen molar-refractivity contribution in [2.24, 2.45) is 0 Å². The Labute approximate surface area is 137 Å². The number of hydrogen-bond donors (Lipinski definition) is 2. The van der Waals surface area contributed by atoms with Crippen molar-refractivity contribution in [3.05, 3.63) is 60.2 Å². The van der Waals surface area contributed by atoms with Gasteiger partial charge in [-0.15, -0.1) is 0 Å². The Morgan fingerprint density at radius 1 is 1.04 bits per heavy atom. The van der Waals surface area contributed by atoms with Crippen LogP contribution in [0.25, 0.3) is 0 Å². The van der Waals surface area contributed by atoms with E-state index in [1.807, 2.05) is 56.3 Å². The zero-order valence-corrected chi connectivity index (χ0v) is 13.7. The maximum atomic E-state index is 12.0. The fourth-order valence-electron chi connectivity index (χ4n) is 2.23. The van der Waals surface area contributed by atoms with Crippen LogP contribution in [0.15, 0.2) is 54.6 Å². The van der Waals surface area contributed by atoms with E-state index in [4.69, 9.17) is 4.74 Å². The molecule has 0 heterocycles. The van der Waals surface area contributed by atoms with Crippen molar-refractivity contribution in [3.63, 3.8) is 0 Å². The molecule has 2 aromatic carbocycles. The van der Waals surface area contributed by atoms with E-state index in [1.54, 1.807) is 0 Å². The van der Waals surface area contributed by atoms with Gasteiger partial charge in [0.05, 0.1) is 11.8 Å². The number of rotatable bonds is 7. The third-order valence-electron chi connectivity index (χ3n) is 3.27. The Morgan fingerprint density at radius 2 is 1.74 bits per heavy atom. The molecule has 0 spiro atoms. The van der Waals surface area contributed by atoms with Gasteiger partial charge in [-0.05, 0) is 44.4 Å². The van der Waals surface area contributed by atoms with Crippen LogP contribution < -0.4 is 15.4 Å². The highest BCUT2D eigenvalue weighted by Gasteiger charge is 2.08. The standard InChI is InChI=1S/C19H24N2O2/c1-15(2)23-18-13-7-6-12-17(18)21-19(22)20-14-8-11-16-9-4-3-5-10-16/h3-7,9-10,12-13,15H,8,11,14H2,1-2H3,(H2,20,21,22). The Morgan fingerprint density at radius 3 is 2.48 bits per heavy atom. The van der Waals surface area contributed by atoms with Gasteiger partial charge in [0.2, 0.25) is 0 Å². The summed E-state index contributed by atoms with van der Waals surface area (Å²) in [5.74, 6) is 0.682. The van der Waals surface area contributed by atoms with Crippen LogP contribution in [0, 0.1) is 0 Å². The fourth-order valence-corrected chi connectivity index (χ4v) is 2.23. The van der Waals surface area contributed by atoms with Gasteiger partial charge < -0.3 is 15.4 Å². The van der Waals surface area contributed by atoms with Crippen LogP contribution in [0.1, 0.15) is 25.8 Å². The summed E-state index contributed by atoms with van der Waals surface area (Å²) >= 11 is 0. The number of carbonyl (C=O) groups excluding carboxylic acids is 1. The first-order chi connectivity index (χ1) is 11.1. The molecule has 4 nitrogen and oxygen atoms in total. The molecule has 0 aliphatic heterocycles. The van der Waals surface area contributed by atoms with Crippen LogP contribution in [0.5, 0.6) is 5.75 Å². The number of nitrogens with one attached hydrogen (secondary N) is 2. The Bertz CT molecular complexity index is 612. The van der Waals surface area contributed by atoms with E-state index < -0.39 is 0 Å². The molecule has 0 bridgehead atoms. The largest absolute Gasteiger partial charge is 0.489 e. The van der Waals surface area contributed by atoms with Gasteiger partial charge in [-0.1, -0.05) is 42.5 Å². The molecule has 0 saturated heterocycles. The first-order valence-electron chi connectivity index (χ1n) is 7.99. The molecule has 122 valence electrons. The lowest BCUT2D eigenvalue weighted by Gasteiger charge is -2.15. The zero-order chi connectivity index (χ0) is 16.5. The minimum atomic E-state index is -0.210. The summed E-state index contributed by atoms with van der Waals surface area (Å²) in [5.41, 5.74) is 1.96. The Hall–Kier alpha value is -2.49. The van der Waals surface area contributed by atoms with E-state index >= 15 is 0 Å². The fraction of sp³-hybridized carbons (Fsp3) is 0.316. The lowest BCUT2D eigenvalue weighted by Crippen LogP contribution is -2.30. The first-order valence-corrected chi connectivity index (χ1v) is 7.99. The minimum absolute atomic E-state index is 0.0619. The van der Waals surface area contributed by atoms with Gasteiger partial charge in [0.1, 0.15) is 5.75 Å². The number of ether oxygens (including phenoxy) is 1. The summed E-state index contributed by atoms with van der Waals surface area (Å²) in [6, 6.07) is 17.5. The number of hydrogen-bond acceptors (Lipinski definition) is 2. The second-order valence-electron chi connectivity index (χ2n) is 5.63. The molecule has 23 heavy (non-hydrogen) atoms. The van der Waals surface area contributed by atoms with Crippen molar-refractivity contribution >= 4 is 11.7 Å². The third kappa shape index (κ3) is 6.02. The van der Waals surface area contributed by atoms with E-state index in [1.165, 1.54) is 5.56 Å². The molecule has 4 heteroatoms. The summed E-state index contributed by atoms with van der Waals surface area (Å²) < 4.78 is 5.69. The monoisotopic (exact) mass is 312 g/mol. The van der Waals surface area contributed by atoms with Crippen LogP contribution in [-0.2, 0) is 6.42 Å². The van der Waals surface area contributed by atoms with Crippen molar-refractivity contribution in [1.29, 1.82) is 0 Å². The van der Waals surface area contributed by atoms with E-state index in [0.717, 1.165) is 12.8 Å². The van der Waals surface area contributed by atoms with Crippen molar-refractivity contribution in [2.45, 2.75) is 32.8 Å². The second kappa shape index (κ2) is 8.83. The summed E-state index contributed by atoms with van der Waals surface area (Å²) in [4.78, 5) is 12.0. The maximum absolute atomic E-state index is 12.0. The Kier molecular flexibility index (Phi) is 6.48. The van der Waals surface area contributed by atoms with Crippen LogP contribution in [0.4, 0.5) is 10.5 Å². The lowest BCUT2D eigenvalue weighted by atomic mass is 10.1. The summed E-state index contributed by atoms with van der Waals surface area (Å²) in [6.07, 6.45) is 1.92. The average Bonchev–Trinajstić information content (AvgIpc) is 2.54. The molecule has 2 amide bonds. The van der Waals surface area contributed by atoms with Gasteiger partial charge in [0.15, 0.2) is 0 Å². The molecule has 0 atom stereocenters. The highest BCUT2D eigenvalue weighted by atomic mass is 16.5. The number of aryl methyl sites for hydroxylation is 1. The van der Waals surface area contributed by atoms with Crippen LogP contribution >= 0.6 is 0 Å². The highest BCUT2D eigenvalue weighted by molar-refractivity contribution is 5.90. The average molecular weight is 312 g/mol. The zero-order valence-electron chi connectivity index (χ0n) is 13.7. The van der Waals surface area contributed by atoms with Crippen molar-refractivity contribution in [3.8, 4) is 5.75 Å². The van der Waals surface area contributed by atoms with E-state index in [0.29, 0.717) is 18.0 Å². The molecule has 0 radical (unpaired) electrons.